The molecule has 0 aromatic heterocycles. The Morgan fingerprint density at radius 2 is 2.18 bits per heavy atom. The number of hydrogen-bond donors (Lipinski definition) is 3. The molecule has 0 radical (unpaired) electrons. The second kappa shape index (κ2) is 6.98. The van der Waals surface area contributed by atoms with Gasteiger partial charge >= 0.3 is 0 Å². The molecule has 6 heteroatoms. The monoisotopic (exact) mass is 304 g/mol. The molecule has 120 valence electrons. The first-order valence-corrected chi connectivity index (χ1v) is 7.98. The van der Waals surface area contributed by atoms with Gasteiger partial charge < -0.3 is 26.0 Å². The Kier molecular flexibility index (Phi) is 4.80. The van der Waals surface area contributed by atoms with E-state index < -0.39 is 0 Å². The summed E-state index contributed by atoms with van der Waals surface area (Å²) in [6.07, 6.45) is 2.34. The number of rotatable bonds is 4. The molecule has 0 saturated carbocycles. The Morgan fingerprint density at radius 3 is 2.86 bits per heavy atom. The number of primary amides is 1. The fourth-order valence-electron chi connectivity index (χ4n) is 3.07. The van der Waals surface area contributed by atoms with Crippen molar-refractivity contribution in [3.63, 3.8) is 0 Å². The van der Waals surface area contributed by atoms with Crippen molar-refractivity contribution in [1.82, 2.24) is 5.32 Å². The maximum atomic E-state index is 11.5. The molecule has 2 aliphatic rings. The molecule has 2 heterocycles. The zero-order valence-corrected chi connectivity index (χ0v) is 12.8. The maximum absolute atomic E-state index is 11.5. The summed E-state index contributed by atoms with van der Waals surface area (Å²) >= 11 is 0. The number of carbonyl (C=O) groups is 1. The molecule has 1 aromatic rings. The second-order valence-corrected chi connectivity index (χ2v) is 5.88. The van der Waals surface area contributed by atoms with Gasteiger partial charge in [0.05, 0.1) is 24.6 Å². The number of anilines is 2. The minimum Gasteiger partial charge on any atom is -0.379 e. The summed E-state index contributed by atoms with van der Waals surface area (Å²) in [7, 11) is 0. The molecular weight excluding hydrogens is 280 g/mol. The lowest BCUT2D eigenvalue weighted by Gasteiger charge is -2.33. The van der Waals surface area contributed by atoms with Crippen LogP contribution in [0.5, 0.6) is 0 Å². The number of morpholine rings is 1. The summed E-state index contributed by atoms with van der Waals surface area (Å²) in [6.45, 7) is 5.16. The molecule has 1 atom stereocenters. The Labute approximate surface area is 131 Å². The van der Waals surface area contributed by atoms with Crippen molar-refractivity contribution < 1.29 is 9.53 Å². The fraction of sp³-hybridized carbons (Fsp3) is 0.562. The molecule has 0 unspecified atom stereocenters. The van der Waals surface area contributed by atoms with E-state index in [0.717, 1.165) is 44.0 Å². The van der Waals surface area contributed by atoms with Crippen LogP contribution in [0.15, 0.2) is 18.2 Å². The van der Waals surface area contributed by atoms with Crippen LogP contribution in [0.4, 0.5) is 11.4 Å². The van der Waals surface area contributed by atoms with Crippen LogP contribution in [-0.2, 0) is 4.74 Å². The number of hydrogen-bond acceptors (Lipinski definition) is 5. The smallest absolute Gasteiger partial charge is 0.248 e. The number of nitrogens with zero attached hydrogens (tertiary/aromatic N) is 1. The Morgan fingerprint density at radius 1 is 1.36 bits per heavy atom. The van der Waals surface area contributed by atoms with Crippen LogP contribution in [0, 0.1) is 0 Å². The summed E-state index contributed by atoms with van der Waals surface area (Å²) in [5.41, 5.74) is 8.10. The van der Waals surface area contributed by atoms with E-state index in [1.54, 1.807) is 6.07 Å². The molecule has 2 saturated heterocycles. The van der Waals surface area contributed by atoms with E-state index >= 15 is 0 Å². The molecular formula is C16H24N4O2. The third kappa shape index (κ3) is 3.51. The lowest BCUT2D eigenvalue weighted by atomic mass is 10.1. The maximum Gasteiger partial charge on any atom is 0.248 e. The first-order chi connectivity index (χ1) is 10.7. The van der Waals surface area contributed by atoms with Crippen molar-refractivity contribution in [2.45, 2.75) is 18.9 Å². The highest BCUT2D eigenvalue weighted by Crippen LogP contribution is 2.29. The average Bonchev–Trinajstić information content (AvgIpc) is 2.57. The molecule has 2 aliphatic heterocycles. The van der Waals surface area contributed by atoms with Crippen molar-refractivity contribution in [2.75, 3.05) is 49.6 Å². The average molecular weight is 304 g/mol. The predicted molar refractivity (Wildman–Crippen MR) is 87.5 cm³/mol. The van der Waals surface area contributed by atoms with Crippen LogP contribution in [0.3, 0.4) is 0 Å². The van der Waals surface area contributed by atoms with E-state index in [1.807, 2.05) is 12.1 Å². The lowest BCUT2D eigenvalue weighted by Crippen LogP contribution is -2.40. The Hall–Kier alpha value is -1.79. The second-order valence-electron chi connectivity index (χ2n) is 5.88. The molecule has 2 fully saturated rings. The van der Waals surface area contributed by atoms with Gasteiger partial charge in [-0.25, -0.2) is 0 Å². The molecule has 1 aromatic carbocycles. The summed E-state index contributed by atoms with van der Waals surface area (Å²) < 4.78 is 5.43. The van der Waals surface area contributed by atoms with Crippen molar-refractivity contribution in [3.05, 3.63) is 23.8 Å². The van der Waals surface area contributed by atoms with E-state index in [1.165, 1.54) is 6.42 Å². The first kappa shape index (κ1) is 15.1. The first-order valence-electron chi connectivity index (χ1n) is 7.98. The van der Waals surface area contributed by atoms with Gasteiger partial charge in [-0.2, -0.15) is 0 Å². The van der Waals surface area contributed by atoms with Gasteiger partial charge in [0.2, 0.25) is 5.91 Å². The van der Waals surface area contributed by atoms with Crippen LogP contribution in [-0.4, -0.2) is 51.3 Å². The predicted octanol–water partition coefficient (Wildman–Crippen LogP) is 0.786. The van der Waals surface area contributed by atoms with Crippen molar-refractivity contribution in [1.29, 1.82) is 0 Å². The van der Waals surface area contributed by atoms with E-state index in [9.17, 15) is 4.79 Å². The van der Waals surface area contributed by atoms with Crippen LogP contribution < -0.4 is 21.3 Å². The topological polar surface area (TPSA) is 79.6 Å². The summed E-state index contributed by atoms with van der Waals surface area (Å²) in [5.74, 6) is -0.389. The highest BCUT2D eigenvalue weighted by molar-refractivity contribution is 5.95. The molecule has 3 rings (SSSR count). The number of piperidine rings is 1. The minimum absolute atomic E-state index is 0.389. The van der Waals surface area contributed by atoms with E-state index in [-0.39, 0.29) is 5.91 Å². The Bertz CT molecular complexity index is 523. The quantitative estimate of drug-likeness (QED) is 0.766. The van der Waals surface area contributed by atoms with Crippen LogP contribution >= 0.6 is 0 Å². The van der Waals surface area contributed by atoms with Crippen LogP contribution in [0.2, 0.25) is 0 Å². The minimum atomic E-state index is -0.389. The molecule has 0 spiro atoms. The standard InChI is InChI=1S/C16H24N4O2/c17-16(21)12-3-4-14(19-13-2-1-5-18-11-13)15(10-12)20-6-8-22-9-7-20/h3-4,10,13,18-19H,1-2,5-9,11H2,(H2,17,21)/t13-/m1/s1. The molecule has 4 N–H and O–H groups in total. The van der Waals surface area contributed by atoms with Gasteiger partial charge in [-0.05, 0) is 37.6 Å². The van der Waals surface area contributed by atoms with Crippen molar-refractivity contribution >= 4 is 17.3 Å². The lowest BCUT2D eigenvalue weighted by molar-refractivity contribution is 0.100. The van der Waals surface area contributed by atoms with Crippen molar-refractivity contribution in [3.8, 4) is 0 Å². The molecule has 1 amide bonds. The van der Waals surface area contributed by atoms with Gasteiger partial charge in [0, 0.05) is 31.2 Å². The summed E-state index contributed by atoms with van der Waals surface area (Å²) in [6, 6.07) is 6.09. The van der Waals surface area contributed by atoms with Crippen LogP contribution in [0.1, 0.15) is 23.2 Å². The van der Waals surface area contributed by atoms with Gasteiger partial charge in [0.25, 0.3) is 0 Å². The van der Waals surface area contributed by atoms with E-state index in [0.29, 0.717) is 24.8 Å². The number of nitrogens with one attached hydrogen (secondary N) is 2. The molecule has 6 nitrogen and oxygen atoms in total. The van der Waals surface area contributed by atoms with E-state index in [2.05, 4.69) is 15.5 Å². The van der Waals surface area contributed by atoms with Gasteiger partial charge in [-0.1, -0.05) is 0 Å². The van der Waals surface area contributed by atoms with E-state index in [4.69, 9.17) is 10.5 Å². The number of amides is 1. The van der Waals surface area contributed by atoms with Gasteiger partial charge in [0.1, 0.15) is 0 Å². The number of benzene rings is 1. The highest BCUT2D eigenvalue weighted by atomic mass is 16.5. The van der Waals surface area contributed by atoms with Crippen LogP contribution in [0.25, 0.3) is 0 Å². The summed E-state index contributed by atoms with van der Waals surface area (Å²) in [4.78, 5) is 13.7. The van der Waals surface area contributed by atoms with Gasteiger partial charge in [-0.15, -0.1) is 0 Å². The molecule has 0 bridgehead atoms. The fourth-order valence-corrected chi connectivity index (χ4v) is 3.07. The molecule has 0 aliphatic carbocycles. The Balaban J connectivity index is 1.84. The number of carbonyl (C=O) groups excluding carboxylic acids is 1. The molecule has 22 heavy (non-hydrogen) atoms. The van der Waals surface area contributed by atoms with Crippen molar-refractivity contribution in [2.24, 2.45) is 5.73 Å². The number of nitrogens with two attached hydrogens (primary N) is 1. The zero-order chi connectivity index (χ0) is 15.4. The largest absolute Gasteiger partial charge is 0.379 e. The normalized spacial score (nSPS) is 22.4. The number of ether oxygens (including phenoxy) is 1. The highest BCUT2D eigenvalue weighted by Gasteiger charge is 2.19. The SMILES string of the molecule is NC(=O)c1ccc(N[C@@H]2CCCNC2)c(N2CCOCC2)c1. The third-order valence-electron chi connectivity index (χ3n) is 4.29. The van der Waals surface area contributed by atoms with Gasteiger partial charge in [0.15, 0.2) is 0 Å². The zero-order valence-electron chi connectivity index (χ0n) is 12.8. The van der Waals surface area contributed by atoms with Gasteiger partial charge in [-0.3, -0.25) is 4.79 Å². The summed E-state index contributed by atoms with van der Waals surface area (Å²) in [5, 5.41) is 7.03. The third-order valence-corrected chi connectivity index (χ3v) is 4.29.